The van der Waals surface area contributed by atoms with E-state index >= 15 is 0 Å². The lowest BCUT2D eigenvalue weighted by molar-refractivity contribution is -0.135. The standard InChI is InChI=1S/C23H35N5O4/c1-17-12-18(2)23(19(3)13-17)25-20(29)14-24-21(30)15-26-4-6-28(7-5-26)22(31)16-27-8-10-32-11-9-27/h12-13H,4-11,14-16H2,1-3H3,(H,24,30)(H,25,29). The second-order valence-electron chi connectivity index (χ2n) is 8.64. The Hall–Kier alpha value is -2.49. The molecule has 1 aromatic carbocycles. The van der Waals surface area contributed by atoms with Crippen LogP contribution >= 0.6 is 0 Å². The van der Waals surface area contributed by atoms with Crippen LogP contribution in [0.5, 0.6) is 0 Å². The van der Waals surface area contributed by atoms with Gasteiger partial charge < -0.3 is 20.3 Å². The summed E-state index contributed by atoms with van der Waals surface area (Å²) in [6.07, 6.45) is 0. The third-order valence-electron chi connectivity index (χ3n) is 5.94. The van der Waals surface area contributed by atoms with E-state index in [2.05, 4.69) is 15.5 Å². The average Bonchev–Trinajstić information content (AvgIpc) is 2.76. The quantitative estimate of drug-likeness (QED) is 0.620. The van der Waals surface area contributed by atoms with Gasteiger partial charge in [0.1, 0.15) is 0 Å². The minimum Gasteiger partial charge on any atom is -0.379 e. The van der Waals surface area contributed by atoms with Crippen molar-refractivity contribution in [3.05, 3.63) is 28.8 Å². The minimum atomic E-state index is -0.244. The number of carbonyl (C=O) groups excluding carboxylic acids is 3. The van der Waals surface area contributed by atoms with Crippen LogP contribution in [0, 0.1) is 20.8 Å². The fraction of sp³-hybridized carbons (Fsp3) is 0.609. The molecule has 9 nitrogen and oxygen atoms in total. The predicted octanol–water partition coefficient (Wildman–Crippen LogP) is 0.143. The van der Waals surface area contributed by atoms with E-state index in [0.29, 0.717) is 45.9 Å². The summed E-state index contributed by atoms with van der Waals surface area (Å²) >= 11 is 0. The van der Waals surface area contributed by atoms with E-state index in [1.165, 1.54) is 0 Å². The number of amides is 3. The number of carbonyl (C=O) groups is 3. The van der Waals surface area contributed by atoms with Crippen molar-refractivity contribution in [2.24, 2.45) is 0 Å². The molecule has 2 saturated heterocycles. The van der Waals surface area contributed by atoms with Crippen molar-refractivity contribution in [3.8, 4) is 0 Å². The largest absolute Gasteiger partial charge is 0.379 e. The smallest absolute Gasteiger partial charge is 0.243 e. The Bertz CT molecular complexity index is 807. The number of piperazine rings is 1. The summed E-state index contributed by atoms with van der Waals surface area (Å²) in [7, 11) is 0. The number of nitrogens with one attached hydrogen (secondary N) is 2. The van der Waals surface area contributed by atoms with Gasteiger partial charge in [-0.1, -0.05) is 17.7 Å². The van der Waals surface area contributed by atoms with Gasteiger partial charge in [0.15, 0.2) is 0 Å². The third kappa shape index (κ3) is 7.01. The zero-order valence-electron chi connectivity index (χ0n) is 19.4. The summed E-state index contributed by atoms with van der Waals surface area (Å²) in [6.45, 7) is 12.0. The highest BCUT2D eigenvalue weighted by Crippen LogP contribution is 2.21. The number of ether oxygens (including phenoxy) is 1. The molecule has 2 aliphatic rings. The van der Waals surface area contributed by atoms with Crippen LogP contribution in [0.1, 0.15) is 16.7 Å². The van der Waals surface area contributed by atoms with Gasteiger partial charge in [-0.25, -0.2) is 0 Å². The van der Waals surface area contributed by atoms with Gasteiger partial charge in [-0.2, -0.15) is 0 Å². The highest BCUT2D eigenvalue weighted by Gasteiger charge is 2.24. The van der Waals surface area contributed by atoms with E-state index in [1.54, 1.807) is 0 Å². The molecule has 0 bridgehead atoms. The summed E-state index contributed by atoms with van der Waals surface area (Å²) in [5.74, 6) is -0.299. The van der Waals surface area contributed by atoms with Crippen molar-refractivity contribution in [2.45, 2.75) is 20.8 Å². The number of nitrogens with zero attached hydrogens (tertiary/aromatic N) is 3. The van der Waals surface area contributed by atoms with Crippen LogP contribution in [0.2, 0.25) is 0 Å². The maximum absolute atomic E-state index is 12.5. The fourth-order valence-electron chi connectivity index (χ4n) is 4.20. The molecule has 1 aromatic rings. The summed E-state index contributed by atoms with van der Waals surface area (Å²) in [5.41, 5.74) is 3.95. The third-order valence-corrected chi connectivity index (χ3v) is 5.94. The van der Waals surface area contributed by atoms with Crippen molar-refractivity contribution in [2.75, 3.05) is 77.4 Å². The van der Waals surface area contributed by atoms with Crippen LogP contribution in [-0.2, 0) is 19.1 Å². The van der Waals surface area contributed by atoms with Gasteiger partial charge in [0.25, 0.3) is 0 Å². The zero-order valence-corrected chi connectivity index (χ0v) is 19.4. The molecular weight excluding hydrogens is 410 g/mol. The molecule has 0 atom stereocenters. The SMILES string of the molecule is Cc1cc(C)c(NC(=O)CNC(=O)CN2CCN(C(=O)CN3CCOCC3)CC2)c(C)c1. The second-order valence-corrected chi connectivity index (χ2v) is 8.64. The van der Waals surface area contributed by atoms with Gasteiger partial charge >= 0.3 is 0 Å². The Morgan fingerprint density at radius 3 is 2.06 bits per heavy atom. The summed E-state index contributed by atoms with van der Waals surface area (Å²) in [6, 6.07) is 4.04. The number of rotatable bonds is 7. The predicted molar refractivity (Wildman–Crippen MR) is 123 cm³/mol. The van der Waals surface area contributed by atoms with Gasteiger partial charge in [0, 0.05) is 45.0 Å². The number of benzene rings is 1. The van der Waals surface area contributed by atoms with E-state index in [0.717, 1.165) is 35.5 Å². The van der Waals surface area contributed by atoms with Crippen molar-refractivity contribution in [1.82, 2.24) is 20.0 Å². The van der Waals surface area contributed by atoms with Gasteiger partial charge in [-0.15, -0.1) is 0 Å². The average molecular weight is 446 g/mol. The molecule has 2 N–H and O–H groups in total. The number of anilines is 1. The highest BCUT2D eigenvalue weighted by molar-refractivity contribution is 5.96. The Morgan fingerprint density at radius 2 is 1.44 bits per heavy atom. The molecule has 176 valence electrons. The normalized spacial score (nSPS) is 17.8. The lowest BCUT2D eigenvalue weighted by Gasteiger charge is -2.36. The maximum Gasteiger partial charge on any atom is 0.243 e. The minimum absolute atomic E-state index is 0.0659. The van der Waals surface area contributed by atoms with E-state index < -0.39 is 0 Å². The maximum atomic E-state index is 12.5. The van der Waals surface area contributed by atoms with Crippen molar-refractivity contribution >= 4 is 23.4 Å². The molecule has 0 radical (unpaired) electrons. The van der Waals surface area contributed by atoms with Crippen molar-refractivity contribution in [3.63, 3.8) is 0 Å². The first-order valence-electron chi connectivity index (χ1n) is 11.3. The van der Waals surface area contributed by atoms with Gasteiger partial charge in [-0.05, 0) is 31.9 Å². The monoisotopic (exact) mass is 445 g/mol. The number of morpholine rings is 1. The summed E-state index contributed by atoms with van der Waals surface area (Å²) in [5, 5.41) is 5.59. The Kier molecular flexibility index (Phi) is 8.60. The zero-order chi connectivity index (χ0) is 23.1. The Balaban J connectivity index is 1.35. The molecular formula is C23H35N5O4. The molecule has 3 rings (SSSR count). The van der Waals surface area contributed by atoms with Crippen LogP contribution in [0.4, 0.5) is 5.69 Å². The van der Waals surface area contributed by atoms with Gasteiger partial charge in [0.05, 0.1) is 32.8 Å². The van der Waals surface area contributed by atoms with E-state index in [1.807, 2.05) is 42.7 Å². The second kappa shape index (κ2) is 11.4. The lowest BCUT2D eigenvalue weighted by atomic mass is 10.1. The summed E-state index contributed by atoms with van der Waals surface area (Å²) in [4.78, 5) is 43.1. The molecule has 9 heteroatoms. The summed E-state index contributed by atoms with van der Waals surface area (Å²) < 4.78 is 5.32. The van der Waals surface area contributed by atoms with Crippen molar-refractivity contribution < 1.29 is 19.1 Å². The van der Waals surface area contributed by atoms with E-state index in [-0.39, 0.29) is 30.8 Å². The molecule has 2 aliphatic heterocycles. The topological polar surface area (TPSA) is 94.2 Å². The van der Waals surface area contributed by atoms with Crippen LogP contribution in [-0.4, -0.2) is 105 Å². The molecule has 0 aromatic heterocycles. The molecule has 0 aliphatic carbocycles. The van der Waals surface area contributed by atoms with E-state index in [9.17, 15) is 14.4 Å². The first kappa shape index (κ1) is 24.2. The van der Waals surface area contributed by atoms with E-state index in [4.69, 9.17) is 4.74 Å². The lowest BCUT2D eigenvalue weighted by Crippen LogP contribution is -2.53. The van der Waals surface area contributed by atoms with Gasteiger partial charge in [0.2, 0.25) is 17.7 Å². The number of aryl methyl sites for hydroxylation is 3. The first-order valence-corrected chi connectivity index (χ1v) is 11.3. The number of hydrogen-bond donors (Lipinski definition) is 2. The molecule has 0 spiro atoms. The van der Waals surface area contributed by atoms with Crippen LogP contribution < -0.4 is 10.6 Å². The molecule has 2 heterocycles. The van der Waals surface area contributed by atoms with Crippen LogP contribution in [0.25, 0.3) is 0 Å². The molecule has 3 amide bonds. The molecule has 2 fully saturated rings. The molecule has 32 heavy (non-hydrogen) atoms. The van der Waals surface area contributed by atoms with Crippen LogP contribution in [0.3, 0.4) is 0 Å². The fourth-order valence-corrected chi connectivity index (χ4v) is 4.20. The van der Waals surface area contributed by atoms with Crippen LogP contribution in [0.15, 0.2) is 12.1 Å². The molecule has 0 saturated carbocycles. The molecule has 0 unspecified atom stereocenters. The Labute approximate surface area is 190 Å². The Morgan fingerprint density at radius 1 is 0.844 bits per heavy atom. The highest BCUT2D eigenvalue weighted by atomic mass is 16.5. The van der Waals surface area contributed by atoms with Gasteiger partial charge in [-0.3, -0.25) is 24.2 Å². The first-order chi connectivity index (χ1) is 15.3. The van der Waals surface area contributed by atoms with Crippen molar-refractivity contribution in [1.29, 1.82) is 0 Å². The number of hydrogen-bond acceptors (Lipinski definition) is 6.